The minimum Gasteiger partial charge on any atom is -0.454 e. The molecule has 0 fully saturated rings. The first-order chi connectivity index (χ1) is 8.08. The van der Waals surface area contributed by atoms with Crippen LogP contribution in [0, 0.1) is 6.92 Å². The maximum Gasteiger partial charge on any atom is 0.378 e. The van der Waals surface area contributed by atoms with E-state index in [2.05, 4.69) is 21.6 Å². The van der Waals surface area contributed by atoms with Crippen molar-refractivity contribution < 1.29 is 9.53 Å². The summed E-state index contributed by atoms with van der Waals surface area (Å²) in [5.74, 6) is -0.358. The number of carbonyl (C=O) groups is 1. The summed E-state index contributed by atoms with van der Waals surface area (Å²) in [5, 5.41) is 4.22. The van der Waals surface area contributed by atoms with Crippen molar-refractivity contribution in [1.29, 1.82) is 0 Å². The van der Waals surface area contributed by atoms with Crippen LogP contribution in [0.4, 0.5) is 0 Å². The molecule has 7 heteroatoms. The predicted molar refractivity (Wildman–Crippen MR) is 60.8 cm³/mol. The van der Waals surface area contributed by atoms with Gasteiger partial charge in [0.25, 0.3) is 11.6 Å². The van der Waals surface area contributed by atoms with E-state index in [9.17, 15) is 4.79 Å². The van der Waals surface area contributed by atoms with Gasteiger partial charge in [-0.3, -0.25) is 0 Å². The van der Waals surface area contributed by atoms with E-state index in [0.29, 0.717) is 5.78 Å². The Hall–Kier alpha value is -1.95. The Morgan fingerprint density at radius 2 is 2.41 bits per heavy atom. The molecule has 0 spiro atoms. The van der Waals surface area contributed by atoms with Crippen molar-refractivity contribution >= 4 is 23.3 Å². The van der Waals surface area contributed by atoms with Crippen LogP contribution in [-0.2, 0) is 4.74 Å². The van der Waals surface area contributed by atoms with Gasteiger partial charge < -0.3 is 4.74 Å². The number of aryl methyl sites for hydroxylation is 1. The lowest BCUT2D eigenvalue weighted by Crippen LogP contribution is -2.08. The largest absolute Gasteiger partial charge is 0.454 e. The van der Waals surface area contributed by atoms with Gasteiger partial charge in [0.1, 0.15) is 6.61 Å². The van der Waals surface area contributed by atoms with Crippen molar-refractivity contribution in [2.75, 3.05) is 6.61 Å². The van der Waals surface area contributed by atoms with Crippen molar-refractivity contribution in [1.82, 2.24) is 19.6 Å². The number of aromatic nitrogens is 4. The molecule has 0 aliphatic rings. The number of ether oxygens (including phenoxy) is 1. The number of halogens is 1. The van der Waals surface area contributed by atoms with Gasteiger partial charge in [-0.1, -0.05) is 18.2 Å². The normalized spacial score (nSPS) is 10.5. The zero-order valence-corrected chi connectivity index (χ0v) is 9.81. The first kappa shape index (κ1) is 11.5. The van der Waals surface area contributed by atoms with Gasteiger partial charge in [-0.05, 0) is 13.0 Å². The maximum absolute atomic E-state index is 11.5. The van der Waals surface area contributed by atoms with E-state index in [1.54, 1.807) is 12.3 Å². The van der Waals surface area contributed by atoms with Crippen LogP contribution in [0.3, 0.4) is 0 Å². The summed E-state index contributed by atoms with van der Waals surface area (Å²) in [4.78, 5) is 19.5. The van der Waals surface area contributed by atoms with Crippen LogP contribution >= 0.6 is 11.6 Å². The Kier molecular flexibility index (Phi) is 3.06. The van der Waals surface area contributed by atoms with E-state index >= 15 is 0 Å². The van der Waals surface area contributed by atoms with Crippen molar-refractivity contribution in [2.45, 2.75) is 6.92 Å². The fourth-order valence-corrected chi connectivity index (χ4v) is 1.26. The third kappa shape index (κ3) is 2.42. The van der Waals surface area contributed by atoms with Gasteiger partial charge in [-0.2, -0.15) is 4.98 Å². The second kappa shape index (κ2) is 4.50. The molecule has 2 aromatic rings. The summed E-state index contributed by atoms with van der Waals surface area (Å²) in [6.45, 7) is 5.17. The molecule has 0 aromatic carbocycles. The molecule has 0 atom stereocenters. The van der Waals surface area contributed by atoms with Gasteiger partial charge in [0.2, 0.25) is 0 Å². The molecular formula is C10H9ClN4O2. The molecule has 2 rings (SSSR count). The van der Waals surface area contributed by atoms with Crippen LogP contribution in [-0.4, -0.2) is 32.2 Å². The summed E-state index contributed by atoms with van der Waals surface area (Å²) in [7, 11) is 0. The van der Waals surface area contributed by atoms with Crippen molar-refractivity contribution in [3.05, 3.63) is 35.4 Å². The highest BCUT2D eigenvalue weighted by atomic mass is 35.5. The highest BCUT2D eigenvalue weighted by Crippen LogP contribution is 2.04. The zero-order chi connectivity index (χ0) is 12.4. The molecule has 2 heterocycles. The monoisotopic (exact) mass is 252 g/mol. The summed E-state index contributed by atoms with van der Waals surface area (Å²) in [5.41, 5.74) is 0.823. The first-order valence-corrected chi connectivity index (χ1v) is 5.14. The first-order valence-electron chi connectivity index (χ1n) is 4.76. The number of carbonyl (C=O) groups excluding carboxylic acids is 1. The van der Waals surface area contributed by atoms with Crippen LogP contribution < -0.4 is 0 Å². The second-order valence-electron chi connectivity index (χ2n) is 3.33. The molecule has 0 bridgehead atoms. The standard InChI is InChI=1S/C10H9ClN4O2/c1-6(11)5-17-9(16)8-13-10-12-4-3-7(2)15(10)14-8/h3-4H,1,5H2,2H3. The minimum atomic E-state index is -0.656. The molecule has 0 saturated heterocycles. The van der Waals surface area contributed by atoms with Crippen LogP contribution in [0.2, 0.25) is 0 Å². The zero-order valence-electron chi connectivity index (χ0n) is 9.05. The number of nitrogens with zero attached hydrogens (tertiary/aromatic N) is 4. The van der Waals surface area contributed by atoms with E-state index in [4.69, 9.17) is 16.3 Å². The predicted octanol–water partition coefficient (Wildman–Crippen LogP) is 1.34. The summed E-state index contributed by atoms with van der Waals surface area (Å²) in [6, 6.07) is 1.76. The maximum atomic E-state index is 11.5. The fraction of sp³-hybridized carbons (Fsp3) is 0.200. The van der Waals surface area contributed by atoms with Gasteiger partial charge in [0.05, 0.1) is 0 Å². The highest BCUT2D eigenvalue weighted by Gasteiger charge is 2.15. The summed E-state index contributed by atoms with van der Waals surface area (Å²) in [6.07, 6.45) is 1.59. The van der Waals surface area contributed by atoms with Crippen molar-refractivity contribution in [2.24, 2.45) is 0 Å². The summed E-state index contributed by atoms with van der Waals surface area (Å²) >= 11 is 5.48. The molecule has 17 heavy (non-hydrogen) atoms. The molecule has 0 aliphatic heterocycles. The molecule has 2 aromatic heterocycles. The molecule has 0 radical (unpaired) electrons. The van der Waals surface area contributed by atoms with Gasteiger partial charge in [0, 0.05) is 16.9 Å². The molecule has 0 amide bonds. The second-order valence-corrected chi connectivity index (χ2v) is 3.86. The molecule has 6 nitrogen and oxygen atoms in total. The van der Waals surface area contributed by atoms with Crippen LogP contribution in [0.15, 0.2) is 23.9 Å². The Morgan fingerprint density at radius 1 is 1.65 bits per heavy atom. The highest BCUT2D eigenvalue weighted by molar-refractivity contribution is 6.29. The van der Waals surface area contributed by atoms with Crippen molar-refractivity contribution in [3.8, 4) is 0 Å². The average molecular weight is 253 g/mol. The number of hydrogen-bond donors (Lipinski definition) is 0. The van der Waals surface area contributed by atoms with E-state index in [1.165, 1.54) is 4.52 Å². The number of esters is 1. The molecule has 88 valence electrons. The molecule has 0 saturated carbocycles. The Labute approximate surface area is 102 Å². The summed E-state index contributed by atoms with van der Waals surface area (Å²) < 4.78 is 6.29. The quantitative estimate of drug-likeness (QED) is 0.771. The topological polar surface area (TPSA) is 69.4 Å². The lowest BCUT2D eigenvalue weighted by molar-refractivity contribution is 0.0532. The number of fused-ring (bicyclic) bond motifs is 1. The molecule has 0 N–H and O–H groups in total. The lowest BCUT2D eigenvalue weighted by atomic mass is 10.5. The average Bonchev–Trinajstić information content (AvgIpc) is 2.71. The van der Waals surface area contributed by atoms with E-state index in [-0.39, 0.29) is 17.5 Å². The van der Waals surface area contributed by atoms with Crippen LogP contribution in [0.25, 0.3) is 5.78 Å². The van der Waals surface area contributed by atoms with Crippen molar-refractivity contribution in [3.63, 3.8) is 0 Å². The third-order valence-corrected chi connectivity index (χ3v) is 2.08. The SMILES string of the molecule is C=C(Cl)COC(=O)c1nc2nccc(C)n2n1. The van der Waals surface area contributed by atoms with Gasteiger partial charge >= 0.3 is 5.97 Å². The van der Waals surface area contributed by atoms with E-state index < -0.39 is 5.97 Å². The number of hydrogen-bond acceptors (Lipinski definition) is 5. The van der Waals surface area contributed by atoms with E-state index in [1.807, 2.05) is 6.92 Å². The minimum absolute atomic E-state index is 0.0512. The smallest absolute Gasteiger partial charge is 0.378 e. The third-order valence-electron chi connectivity index (χ3n) is 1.97. The Morgan fingerprint density at radius 3 is 3.06 bits per heavy atom. The number of rotatable bonds is 3. The van der Waals surface area contributed by atoms with Gasteiger partial charge in [-0.15, -0.1) is 5.10 Å². The Balaban J connectivity index is 2.27. The fourth-order valence-electron chi connectivity index (χ4n) is 1.20. The molecular weight excluding hydrogens is 244 g/mol. The van der Waals surface area contributed by atoms with E-state index in [0.717, 1.165) is 5.69 Å². The molecule has 0 aliphatic carbocycles. The Bertz CT molecular complexity index is 593. The van der Waals surface area contributed by atoms with Crippen LogP contribution in [0.5, 0.6) is 0 Å². The molecule has 0 unspecified atom stereocenters. The van der Waals surface area contributed by atoms with Gasteiger partial charge in [0.15, 0.2) is 0 Å². The van der Waals surface area contributed by atoms with Gasteiger partial charge in [-0.25, -0.2) is 14.3 Å². The van der Waals surface area contributed by atoms with Crippen LogP contribution in [0.1, 0.15) is 16.3 Å². The lowest BCUT2D eigenvalue weighted by Gasteiger charge is -1.98.